The first-order chi connectivity index (χ1) is 7.61. The van der Waals surface area contributed by atoms with E-state index in [1.807, 2.05) is 11.4 Å². The Kier molecular flexibility index (Phi) is 2.81. The largest absolute Gasteiger partial charge is 0.494 e. The molecule has 6 heteroatoms. The summed E-state index contributed by atoms with van der Waals surface area (Å²) in [5, 5.41) is 20.2. The van der Waals surface area contributed by atoms with E-state index in [1.165, 1.54) is 17.4 Å². The molecule has 0 aromatic carbocycles. The zero-order chi connectivity index (χ0) is 11.7. The number of pyridine rings is 1. The van der Waals surface area contributed by atoms with E-state index < -0.39 is 11.4 Å². The predicted molar refractivity (Wildman–Crippen MR) is 64.5 cm³/mol. The highest BCUT2D eigenvalue weighted by Gasteiger charge is 2.13. The fourth-order valence-electron chi connectivity index (χ4n) is 1.31. The Morgan fingerprint density at radius 3 is 2.81 bits per heavy atom. The molecule has 2 aromatic heterocycles. The number of thiophene rings is 1. The molecule has 4 nitrogen and oxygen atoms in total. The lowest BCUT2D eigenvalue weighted by atomic mass is 10.1. The molecule has 2 rings (SSSR count). The standard InChI is InChI=1S/C10H5BrN2O2S/c11-5-1-8(16-4-5)6-2-9(14)13-10(15)7(6)3-12/h1-2,4H,(H2,13,14,15). The van der Waals surface area contributed by atoms with E-state index in [1.54, 1.807) is 6.07 Å². The van der Waals surface area contributed by atoms with Gasteiger partial charge >= 0.3 is 0 Å². The summed E-state index contributed by atoms with van der Waals surface area (Å²) in [6.07, 6.45) is 0. The molecule has 80 valence electrons. The van der Waals surface area contributed by atoms with Gasteiger partial charge in [-0.1, -0.05) is 0 Å². The smallest absolute Gasteiger partial charge is 0.251 e. The van der Waals surface area contributed by atoms with Gasteiger partial charge in [0.25, 0.3) is 5.56 Å². The summed E-state index contributed by atoms with van der Waals surface area (Å²) in [6, 6.07) is 4.96. The minimum Gasteiger partial charge on any atom is -0.494 e. The maximum atomic E-state index is 11.2. The highest BCUT2D eigenvalue weighted by atomic mass is 79.9. The Morgan fingerprint density at radius 2 is 2.25 bits per heavy atom. The number of hydrogen-bond acceptors (Lipinski definition) is 4. The number of rotatable bonds is 1. The molecule has 0 fully saturated rings. The van der Waals surface area contributed by atoms with Crippen LogP contribution < -0.4 is 5.56 Å². The van der Waals surface area contributed by atoms with Crippen LogP contribution in [0.25, 0.3) is 10.4 Å². The van der Waals surface area contributed by atoms with Crippen molar-refractivity contribution >= 4 is 27.3 Å². The van der Waals surface area contributed by atoms with Crippen molar-refractivity contribution in [2.45, 2.75) is 0 Å². The third-order valence-electron chi connectivity index (χ3n) is 1.97. The van der Waals surface area contributed by atoms with Crippen molar-refractivity contribution < 1.29 is 5.11 Å². The minimum atomic E-state index is -0.434. The van der Waals surface area contributed by atoms with Gasteiger partial charge in [-0.05, 0) is 22.0 Å². The monoisotopic (exact) mass is 296 g/mol. The lowest BCUT2D eigenvalue weighted by Gasteiger charge is -2.01. The SMILES string of the molecule is N#Cc1c(-c2cc(Br)cs2)cc(=O)[nH]c1O. The van der Waals surface area contributed by atoms with Crippen LogP contribution in [0.3, 0.4) is 0 Å². The number of H-pyrrole nitrogens is 1. The lowest BCUT2D eigenvalue weighted by Crippen LogP contribution is -2.05. The molecule has 0 radical (unpaired) electrons. The second kappa shape index (κ2) is 4.12. The molecule has 2 N–H and O–H groups in total. The number of nitrogens with one attached hydrogen (secondary N) is 1. The fourth-order valence-corrected chi connectivity index (χ4v) is 2.76. The molecule has 2 heterocycles. The van der Waals surface area contributed by atoms with Gasteiger partial charge in [0, 0.05) is 26.4 Å². The first kappa shape index (κ1) is 10.9. The Labute approximate surface area is 103 Å². The van der Waals surface area contributed by atoms with Crippen molar-refractivity contribution in [1.29, 1.82) is 5.26 Å². The quantitative estimate of drug-likeness (QED) is 0.848. The lowest BCUT2D eigenvalue weighted by molar-refractivity contribution is 0.450. The van der Waals surface area contributed by atoms with Gasteiger partial charge in [0.05, 0.1) is 0 Å². The summed E-state index contributed by atoms with van der Waals surface area (Å²) < 4.78 is 0.871. The van der Waals surface area contributed by atoms with Gasteiger partial charge in [-0.2, -0.15) is 5.26 Å². The van der Waals surface area contributed by atoms with Gasteiger partial charge in [-0.3, -0.25) is 9.78 Å². The fraction of sp³-hybridized carbons (Fsp3) is 0. The van der Waals surface area contributed by atoms with E-state index in [4.69, 9.17) is 5.26 Å². The summed E-state index contributed by atoms with van der Waals surface area (Å²) in [5.41, 5.74) is 0.0874. The number of nitriles is 1. The van der Waals surface area contributed by atoms with Crippen molar-refractivity contribution in [2.24, 2.45) is 0 Å². The number of hydrogen-bond donors (Lipinski definition) is 2. The van der Waals surface area contributed by atoms with Crippen molar-refractivity contribution in [2.75, 3.05) is 0 Å². The van der Waals surface area contributed by atoms with Gasteiger partial charge < -0.3 is 5.11 Å². The molecule has 0 aliphatic rings. The van der Waals surface area contributed by atoms with Crippen molar-refractivity contribution in [3.63, 3.8) is 0 Å². The van der Waals surface area contributed by atoms with Gasteiger partial charge in [-0.25, -0.2) is 0 Å². The van der Waals surface area contributed by atoms with Crippen LogP contribution in [0.15, 0.2) is 26.8 Å². The molecule has 0 bridgehead atoms. The molecule has 0 aliphatic heterocycles. The Morgan fingerprint density at radius 1 is 1.50 bits per heavy atom. The number of aromatic nitrogens is 1. The van der Waals surface area contributed by atoms with E-state index >= 15 is 0 Å². The molecule has 0 aliphatic carbocycles. The highest BCUT2D eigenvalue weighted by Crippen LogP contribution is 2.33. The number of aromatic hydroxyl groups is 1. The zero-order valence-corrected chi connectivity index (χ0v) is 10.2. The Balaban J connectivity index is 2.74. The molecule has 0 unspecified atom stereocenters. The van der Waals surface area contributed by atoms with Crippen LogP contribution in [0.5, 0.6) is 5.88 Å². The zero-order valence-electron chi connectivity index (χ0n) is 7.82. The van der Waals surface area contributed by atoms with E-state index in [0.717, 1.165) is 9.35 Å². The Bertz CT molecular complexity index is 639. The van der Waals surface area contributed by atoms with Crippen molar-refractivity contribution in [3.8, 4) is 22.4 Å². The molecule has 0 atom stereocenters. The van der Waals surface area contributed by atoms with E-state index in [2.05, 4.69) is 20.9 Å². The summed E-state index contributed by atoms with van der Waals surface area (Å²) in [5.74, 6) is -0.394. The van der Waals surface area contributed by atoms with Crippen LogP contribution in [0, 0.1) is 11.3 Å². The minimum absolute atomic E-state index is 0.0777. The Hall–Kier alpha value is -1.58. The first-order valence-corrected chi connectivity index (χ1v) is 5.90. The van der Waals surface area contributed by atoms with Gasteiger partial charge in [0.1, 0.15) is 11.6 Å². The molecule has 2 aromatic rings. The molecule has 16 heavy (non-hydrogen) atoms. The number of aromatic amines is 1. The number of halogens is 1. The second-order valence-electron chi connectivity index (χ2n) is 3.01. The van der Waals surface area contributed by atoms with Crippen LogP contribution in [-0.2, 0) is 0 Å². The van der Waals surface area contributed by atoms with Crippen LogP contribution in [-0.4, -0.2) is 10.1 Å². The molecule has 0 saturated heterocycles. The van der Waals surface area contributed by atoms with Crippen LogP contribution >= 0.6 is 27.3 Å². The molecular formula is C10H5BrN2O2S. The van der Waals surface area contributed by atoms with Gasteiger partial charge in [0.2, 0.25) is 5.88 Å². The maximum Gasteiger partial charge on any atom is 0.251 e. The summed E-state index contributed by atoms with van der Waals surface area (Å²) in [6.45, 7) is 0. The summed E-state index contributed by atoms with van der Waals surface area (Å²) in [4.78, 5) is 14.2. The normalized spacial score (nSPS) is 10.0. The predicted octanol–water partition coefficient (Wildman–Crippen LogP) is 2.44. The van der Waals surface area contributed by atoms with Crippen molar-refractivity contribution in [1.82, 2.24) is 4.98 Å². The molecule has 0 saturated carbocycles. The average molecular weight is 297 g/mol. The highest BCUT2D eigenvalue weighted by molar-refractivity contribution is 9.10. The van der Waals surface area contributed by atoms with Crippen molar-refractivity contribution in [3.05, 3.63) is 37.9 Å². The number of nitrogens with zero attached hydrogens (tertiary/aromatic N) is 1. The van der Waals surface area contributed by atoms with Gasteiger partial charge in [-0.15, -0.1) is 11.3 Å². The van der Waals surface area contributed by atoms with E-state index in [0.29, 0.717) is 5.56 Å². The molecule has 0 spiro atoms. The van der Waals surface area contributed by atoms with Crippen LogP contribution in [0.1, 0.15) is 5.56 Å². The summed E-state index contributed by atoms with van der Waals surface area (Å²) in [7, 11) is 0. The third-order valence-corrected chi connectivity index (χ3v) is 3.69. The van der Waals surface area contributed by atoms with Crippen LogP contribution in [0.2, 0.25) is 0 Å². The average Bonchev–Trinajstić information content (AvgIpc) is 2.63. The second-order valence-corrected chi connectivity index (χ2v) is 4.84. The third kappa shape index (κ3) is 1.87. The van der Waals surface area contributed by atoms with Crippen LogP contribution in [0.4, 0.5) is 0 Å². The topological polar surface area (TPSA) is 76.9 Å². The van der Waals surface area contributed by atoms with E-state index in [9.17, 15) is 9.90 Å². The first-order valence-electron chi connectivity index (χ1n) is 4.22. The molecular weight excluding hydrogens is 292 g/mol. The molecule has 0 amide bonds. The van der Waals surface area contributed by atoms with E-state index in [-0.39, 0.29) is 5.56 Å². The van der Waals surface area contributed by atoms with Gasteiger partial charge in [0.15, 0.2) is 0 Å². The maximum absolute atomic E-state index is 11.2. The summed E-state index contributed by atoms with van der Waals surface area (Å²) >= 11 is 4.68.